The molecule has 1 aliphatic carbocycles. The van der Waals surface area contributed by atoms with E-state index in [0.29, 0.717) is 24.4 Å². The smallest absolute Gasteiger partial charge is 0.224 e. The Hall–Kier alpha value is -1.00. The van der Waals surface area contributed by atoms with E-state index in [2.05, 4.69) is 5.32 Å². The molecule has 0 spiro atoms. The molecule has 1 aromatic heterocycles. The molecule has 1 aromatic rings. The molecule has 17 heavy (non-hydrogen) atoms. The highest BCUT2D eigenvalue weighted by atomic mass is 35.5. The first kappa shape index (κ1) is 12.5. The maximum atomic E-state index is 11.7. The van der Waals surface area contributed by atoms with Gasteiger partial charge in [-0.05, 0) is 18.9 Å². The van der Waals surface area contributed by atoms with E-state index in [1.807, 2.05) is 11.0 Å². The van der Waals surface area contributed by atoms with Gasteiger partial charge in [0.1, 0.15) is 0 Å². The molecule has 1 aliphatic heterocycles. The Kier molecular flexibility index (Phi) is 3.74. The predicted octanol–water partition coefficient (Wildman–Crippen LogP) is 1.55. The van der Waals surface area contributed by atoms with E-state index in [9.17, 15) is 4.79 Å². The van der Waals surface area contributed by atoms with Crippen LogP contribution >= 0.6 is 12.4 Å². The molecule has 0 aromatic carbocycles. The number of likely N-dealkylation sites (tertiary alicyclic amines) is 1. The molecule has 4 nitrogen and oxygen atoms in total. The number of rotatable bonds is 4. The number of nitrogens with one attached hydrogen (secondary N) is 1. The van der Waals surface area contributed by atoms with Gasteiger partial charge in [0.25, 0.3) is 0 Å². The third-order valence-electron chi connectivity index (χ3n) is 3.32. The van der Waals surface area contributed by atoms with E-state index < -0.39 is 0 Å². The summed E-state index contributed by atoms with van der Waals surface area (Å²) in [5, 5.41) is 3.40. The first-order valence-electron chi connectivity index (χ1n) is 5.87. The Morgan fingerprint density at radius 2 is 2.29 bits per heavy atom. The molecule has 1 atom stereocenters. The van der Waals surface area contributed by atoms with Crippen LogP contribution in [0.3, 0.4) is 0 Å². The fraction of sp³-hybridized carbons (Fsp3) is 0.583. The fourth-order valence-electron chi connectivity index (χ4n) is 2.26. The standard InChI is InChI=1S/C12H16N2O2.ClH/c15-12-5-10(7-14(12)11-1-2-11)13-6-9-3-4-16-8-9;/h3-4,8,10-11,13H,1-2,5-7H2;1H. The lowest BCUT2D eigenvalue weighted by Crippen LogP contribution is -2.33. The van der Waals surface area contributed by atoms with Crippen molar-refractivity contribution in [2.45, 2.75) is 37.9 Å². The van der Waals surface area contributed by atoms with E-state index in [-0.39, 0.29) is 12.4 Å². The second kappa shape index (κ2) is 5.10. The predicted molar refractivity (Wildman–Crippen MR) is 65.9 cm³/mol. The molecule has 1 saturated carbocycles. The summed E-state index contributed by atoms with van der Waals surface area (Å²) in [7, 11) is 0. The zero-order valence-electron chi connectivity index (χ0n) is 9.59. The van der Waals surface area contributed by atoms with Gasteiger partial charge in [0.2, 0.25) is 5.91 Å². The summed E-state index contributed by atoms with van der Waals surface area (Å²) in [5.74, 6) is 0.312. The lowest BCUT2D eigenvalue weighted by atomic mass is 10.2. The number of nitrogens with zero attached hydrogens (tertiary/aromatic N) is 1. The van der Waals surface area contributed by atoms with Crippen molar-refractivity contribution in [3.8, 4) is 0 Å². The SMILES string of the molecule is Cl.O=C1CC(NCc2ccoc2)CN1C1CC1. The van der Waals surface area contributed by atoms with Gasteiger partial charge in [-0.25, -0.2) is 0 Å². The molecular weight excluding hydrogens is 240 g/mol. The van der Waals surface area contributed by atoms with Crippen molar-refractivity contribution in [1.29, 1.82) is 0 Å². The molecule has 0 bridgehead atoms. The molecule has 1 saturated heterocycles. The molecular formula is C12H17ClN2O2. The minimum absolute atomic E-state index is 0. The van der Waals surface area contributed by atoms with Crippen LogP contribution in [0, 0.1) is 0 Å². The average molecular weight is 257 g/mol. The Morgan fingerprint density at radius 1 is 1.47 bits per heavy atom. The highest BCUT2D eigenvalue weighted by molar-refractivity contribution is 5.85. The molecule has 2 heterocycles. The highest BCUT2D eigenvalue weighted by Crippen LogP contribution is 2.30. The van der Waals surface area contributed by atoms with Crippen LogP contribution in [0.1, 0.15) is 24.8 Å². The van der Waals surface area contributed by atoms with Crippen molar-refractivity contribution in [3.05, 3.63) is 24.2 Å². The van der Waals surface area contributed by atoms with Crippen molar-refractivity contribution in [2.75, 3.05) is 6.54 Å². The van der Waals surface area contributed by atoms with E-state index in [4.69, 9.17) is 4.42 Å². The maximum absolute atomic E-state index is 11.7. The van der Waals surface area contributed by atoms with Gasteiger partial charge in [0.15, 0.2) is 0 Å². The first-order chi connectivity index (χ1) is 7.83. The number of halogens is 1. The van der Waals surface area contributed by atoms with Crippen LogP contribution in [0.5, 0.6) is 0 Å². The Balaban J connectivity index is 0.00000108. The quantitative estimate of drug-likeness (QED) is 0.889. The zero-order valence-corrected chi connectivity index (χ0v) is 10.4. The summed E-state index contributed by atoms with van der Waals surface area (Å²) in [6, 6.07) is 2.80. The molecule has 2 aliphatic rings. The summed E-state index contributed by atoms with van der Waals surface area (Å²) in [5.41, 5.74) is 1.14. The molecule has 1 amide bonds. The van der Waals surface area contributed by atoms with Gasteiger partial charge < -0.3 is 14.6 Å². The lowest BCUT2D eigenvalue weighted by Gasteiger charge is -2.15. The minimum atomic E-state index is 0. The van der Waals surface area contributed by atoms with Crippen molar-refractivity contribution < 1.29 is 9.21 Å². The monoisotopic (exact) mass is 256 g/mol. The zero-order chi connectivity index (χ0) is 11.0. The summed E-state index contributed by atoms with van der Waals surface area (Å²) < 4.78 is 5.00. The van der Waals surface area contributed by atoms with Crippen LogP contribution < -0.4 is 5.32 Å². The van der Waals surface area contributed by atoms with Gasteiger partial charge in [-0.15, -0.1) is 12.4 Å². The van der Waals surface area contributed by atoms with E-state index in [1.165, 1.54) is 12.8 Å². The second-order valence-corrected chi connectivity index (χ2v) is 4.69. The van der Waals surface area contributed by atoms with Gasteiger partial charge in [-0.1, -0.05) is 0 Å². The number of furan rings is 1. The fourth-order valence-corrected chi connectivity index (χ4v) is 2.26. The minimum Gasteiger partial charge on any atom is -0.472 e. The Labute approximate surface area is 107 Å². The molecule has 2 fully saturated rings. The van der Waals surface area contributed by atoms with Crippen LogP contribution in [0.2, 0.25) is 0 Å². The number of carbonyl (C=O) groups excluding carboxylic acids is 1. The molecule has 94 valence electrons. The van der Waals surface area contributed by atoms with Crippen molar-refractivity contribution in [2.24, 2.45) is 0 Å². The van der Waals surface area contributed by atoms with Gasteiger partial charge in [0, 0.05) is 37.2 Å². The Morgan fingerprint density at radius 3 is 2.94 bits per heavy atom. The van der Waals surface area contributed by atoms with Crippen LogP contribution in [0.25, 0.3) is 0 Å². The molecule has 3 rings (SSSR count). The molecule has 5 heteroatoms. The van der Waals surface area contributed by atoms with Crippen molar-refractivity contribution in [1.82, 2.24) is 10.2 Å². The summed E-state index contributed by atoms with van der Waals surface area (Å²) in [6.45, 7) is 1.66. The van der Waals surface area contributed by atoms with Crippen LogP contribution in [0.15, 0.2) is 23.0 Å². The van der Waals surface area contributed by atoms with E-state index in [1.54, 1.807) is 12.5 Å². The average Bonchev–Trinajstić information content (AvgIpc) is 2.85. The topological polar surface area (TPSA) is 45.5 Å². The van der Waals surface area contributed by atoms with E-state index in [0.717, 1.165) is 18.7 Å². The van der Waals surface area contributed by atoms with Gasteiger partial charge in [0.05, 0.1) is 12.5 Å². The van der Waals surface area contributed by atoms with Gasteiger partial charge in [-0.2, -0.15) is 0 Å². The third-order valence-corrected chi connectivity index (χ3v) is 3.32. The summed E-state index contributed by atoms with van der Waals surface area (Å²) in [6.07, 6.45) is 6.45. The summed E-state index contributed by atoms with van der Waals surface area (Å²) in [4.78, 5) is 13.7. The number of amides is 1. The van der Waals surface area contributed by atoms with Crippen LogP contribution in [-0.4, -0.2) is 29.4 Å². The lowest BCUT2D eigenvalue weighted by molar-refractivity contribution is -0.128. The Bertz CT molecular complexity index is 376. The first-order valence-corrected chi connectivity index (χ1v) is 5.87. The summed E-state index contributed by atoms with van der Waals surface area (Å²) >= 11 is 0. The van der Waals surface area contributed by atoms with Crippen molar-refractivity contribution in [3.63, 3.8) is 0 Å². The van der Waals surface area contributed by atoms with Crippen LogP contribution in [-0.2, 0) is 11.3 Å². The maximum Gasteiger partial charge on any atom is 0.224 e. The highest BCUT2D eigenvalue weighted by Gasteiger charge is 2.38. The van der Waals surface area contributed by atoms with Gasteiger partial charge in [-0.3, -0.25) is 4.79 Å². The van der Waals surface area contributed by atoms with Gasteiger partial charge >= 0.3 is 0 Å². The van der Waals surface area contributed by atoms with Crippen LogP contribution in [0.4, 0.5) is 0 Å². The largest absolute Gasteiger partial charge is 0.472 e. The normalized spacial score (nSPS) is 23.9. The van der Waals surface area contributed by atoms with Crippen molar-refractivity contribution >= 4 is 18.3 Å². The molecule has 1 N–H and O–H groups in total. The third kappa shape index (κ3) is 2.82. The number of hydrogen-bond donors (Lipinski definition) is 1. The van der Waals surface area contributed by atoms with E-state index >= 15 is 0 Å². The number of carbonyl (C=O) groups is 1. The molecule has 0 radical (unpaired) electrons. The molecule has 1 unspecified atom stereocenters. The number of hydrogen-bond acceptors (Lipinski definition) is 3. The second-order valence-electron chi connectivity index (χ2n) is 4.69.